The molecule has 2 aromatic rings. The van der Waals surface area contributed by atoms with Crippen molar-refractivity contribution < 1.29 is 4.52 Å². The summed E-state index contributed by atoms with van der Waals surface area (Å²) in [5.74, 6) is 3.72. The largest absolute Gasteiger partial charge is 0.350 e. The van der Waals surface area contributed by atoms with Crippen LogP contribution in [0.1, 0.15) is 48.8 Å². The first-order chi connectivity index (χ1) is 9.67. The summed E-state index contributed by atoms with van der Waals surface area (Å²) < 4.78 is 5.32. The second-order valence-electron chi connectivity index (χ2n) is 5.30. The normalized spacial score (nSPS) is 14.6. The Bertz CT molecular complexity index is 605. The Balaban J connectivity index is 1.77. The SMILES string of the molecule is CCc1cnc(C)nc1N(C)Cc1nc(C2CC2)no1. The van der Waals surface area contributed by atoms with Crippen LogP contribution in [-0.4, -0.2) is 27.2 Å². The van der Waals surface area contributed by atoms with Crippen LogP contribution < -0.4 is 4.90 Å². The number of anilines is 1. The smallest absolute Gasteiger partial charge is 0.246 e. The number of rotatable bonds is 5. The van der Waals surface area contributed by atoms with Crippen molar-refractivity contribution in [1.29, 1.82) is 0 Å². The molecular formula is C14H19N5O. The zero-order chi connectivity index (χ0) is 14.1. The second-order valence-corrected chi connectivity index (χ2v) is 5.30. The molecule has 2 heterocycles. The lowest BCUT2D eigenvalue weighted by atomic mass is 10.2. The first-order valence-corrected chi connectivity index (χ1v) is 7.03. The average molecular weight is 273 g/mol. The number of aromatic nitrogens is 4. The van der Waals surface area contributed by atoms with Crippen molar-refractivity contribution in [2.75, 3.05) is 11.9 Å². The lowest BCUT2D eigenvalue weighted by Gasteiger charge is -2.18. The van der Waals surface area contributed by atoms with Crippen molar-refractivity contribution in [1.82, 2.24) is 20.1 Å². The Morgan fingerprint density at radius 3 is 2.85 bits per heavy atom. The summed E-state index contributed by atoms with van der Waals surface area (Å²) in [4.78, 5) is 15.3. The van der Waals surface area contributed by atoms with Crippen LogP contribution in [-0.2, 0) is 13.0 Å². The van der Waals surface area contributed by atoms with E-state index in [-0.39, 0.29) is 0 Å². The zero-order valence-electron chi connectivity index (χ0n) is 12.1. The van der Waals surface area contributed by atoms with Crippen molar-refractivity contribution in [3.05, 3.63) is 29.3 Å². The Hall–Kier alpha value is -1.98. The van der Waals surface area contributed by atoms with Crippen LogP contribution in [0.5, 0.6) is 0 Å². The van der Waals surface area contributed by atoms with Gasteiger partial charge in [0, 0.05) is 24.7 Å². The molecule has 3 rings (SSSR count). The van der Waals surface area contributed by atoms with Gasteiger partial charge in [-0.05, 0) is 26.2 Å². The highest BCUT2D eigenvalue weighted by Gasteiger charge is 2.29. The number of hydrogen-bond acceptors (Lipinski definition) is 6. The van der Waals surface area contributed by atoms with Crippen LogP contribution in [0.25, 0.3) is 0 Å². The zero-order valence-corrected chi connectivity index (χ0v) is 12.1. The highest BCUT2D eigenvalue weighted by atomic mass is 16.5. The molecule has 0 amide bonds. The van der Waals surface area contributed by atoms with E-state index in [4.69, 9.17) is 4.52 Å². The maximum atomic E-state index is 5.32. The molecule has 106 valence electrons. The van der Waals surface area contributed by atoms with Gasteiger partial charge in [0.2, 0.25) is 5.89 Å². The molecule has 0 aliphatic heterocycles. The highest BCUT2D eigenvalue weighted by Crippen LogP contribution is 2.38. The predicted octanol–water partition coefficient (Wildman–Crippen LogP) is 2.24. The highest BCUT2D eigenvalue weighted by molar-refractivity contribution is 5.45. The van der Waals surface area contributed by atoms with Crippen LogP contribution >= 0.6 is 0 Å². The van der Waals surface area contributed by atoms with Crippen LogP contribution in [0, 0.1) is 6.92 Å². The van der Waals surface area contributed by atoms with E-state index in [0.717, 1.165) is 29.5 Å². The molecule has 0 spiro atoms. The Morgan fingerprint density at radius 1 is 1.35 bits per heavy atom. The fourth-order valence-electron chi connectivity index (χ4n) is 2.18. The molecule has 0 bridgehead atoms. The van der Waals surface area contributed by atoms with Gasteiger partial charge in [-0.15, -0.1) is 0 Å². The number of aryl methyl sites for hydroxylation is 2. The fourth-order valence-corrected chi connectivity index (χ4v) is 2.18. The van der Waals surface area contributed by atoms with Crippen molar-refractivity contribution in [2.45, 2.75) is 45.6 Å². The van der Waals surface area contributed by atoms with E-state index in [1.807, 2.05) is 25.1 Å². The minimum atomic E-state index is 0.519. The van der Waals surface area contributed by atoms with Gasteiger partial charge in [0.15, 0.2) is 5.82 Å². The fraction of sp³-hybridized carbons (Fsp3) is 0.571. The monoisotopic (exact) mass is 273 g/mol. The summed E-state index contributed by atoms with van der Waals surface area (Å²) in [6.07, 6.45) is 5.15. The molecule has 1 fully saturated rings. The van der Waals surface area contributed by atoms with Gasteiger partial charge in [-0.25, -0.2) is 9.97 Å². The summed E-state index contributed by atoms with van der Waals surface area (Å²) in [5.41, 5.74) is 1.13. The van der Waals surface area contributed by atoms with E-state index in [2.05, 4.69) is 27.0 Å². The van der Waals surface area contributed by atoms with Crippen LogP contribution in [0.3, 0.4) is 0 Å². The Kier molecular flexibility index (Phi) is 3.38. The van der Waals surface area contributed by atoms with E-state index in [1.165, 1.54) is 12.8 Å². The second kappa shape index (κ2) is 5.19. The third kappa shape index (κ3) is 2.64. The summed E-state index contributed by atoms with van der Waals surface area (Å²) >= 11 is 0. The maximum absolute atomic E-state index is 5.32. The van der Waals surface area contributed by atoms with Crippen molar-refractivity contribution in [2.24, 2.45) is 0 Å². The van der Waals surface area contributed by atoms with E-state index < -0.39 is 0 Å². The van der Waals surface area contributed by atoms with Gasteiger partial charge >= 0.3 is 0 Å². The van der Waals surface area contributed by atoms with Gasteiger partial charge in [-0.3, -0.25) is 0 Å². The van der Waals surface area contributed by atoms with Gasteiger partial charge < -0.3 is 9.42 Å². The topological polar surface area (TPSA) is 67.9 Å². The minimum absolute atomic E-state index is 0.519. The molecule has 0 N–H and O–H groups in total. The molecule has 1 aliphatic carbocycles. The predicted molar refractivity (Wildman–Crippen MR) is 74.5 cm³/mol. The molecule has 0 radical (unpaired) electrons. The van der Waals surface area contributed by atoms with Crippen molar-refractivity contribution in [3.8, 4) is 0 Å². The molecule has 0 saturated heterocycles. The molecule has 1 aliphatic rings. The summed E-state index contributed by atoms with van der Waals surface area (Å²) in [5, 5.41) is 4.04. The molecule has 0 atom stereocenters. The van der Waals surface area contributed by atoms with Crippen LogP contribution in [0.15, 0.2) is 10.7 Å². The Labute approximate surface area is 118 Å². The molecule has 2 aromatic heterocycles. The standard InChI is InChI=1S/C14H19N5O/c1-4-10-7-15-9(2)16-14(10)19(3)8-12-17-13(18-20-12)11-5-6-11/h7,11H,4-6,8H2,1-3H3. The number of hydrogen-bond donors (Lipinski definition) is 0. The summed E-state index contributed by atoms with van der Waals surface area (Å²) in [6.45, 7) is 4.57. The van der Waals surface area contributed by atoms with E-state index in [0.29, 0.717) is 18.4 Å². The van der Waals surface area contributed by atoms with Gasteiger partial charge in [0.25, 0.3) is 0 Å². The van der Waals surface area contributed by atoms with Crippen LogP contribution in [0.2, 0.25) is 0 Å². The summed E-state index contributed by atoms with van der Waals surface area (Å²) in [7, 11) is 1.99. The molecule has 1 saturated carbocycles. The minimum Gasteiger partial charge on any atom is -0.350 e. The average Bonchev–Trinajstić information content (AvgIpc) is 3.19. The van der Waals surface area contributed by atoms with E-state index >= 15 is 0 Å². The first kappa shape index (κ1) is 13.0. The van der Waals surface area contributed by atoms with E-state index in [9.17, 15) is 0 Å². The van der Waals surface area contributed by atoms with Crippen LogP contribution in [0.4, 0.5) is 5.82 Å². The third-order valence-corrected chi connectivity index (χ3v) is 3.50. The maximum Gasteiger partial charge on any atom is 0.246 e. The molecule has 0 unspecified atom stereocenters. The number of nitrogens with zero attached hydrogens (tertiary/aromatic N) is 5. The molecule has 6 nitrogen and oxygen atoms in total. The van der Waals surface area contributed by atoms with Crippen molar-refractivity contribution in [3.63, 3.8) is 0 Å². The Morgan fingerprint density at radius 2 is 2.15 bits per heavy atom. The first-order valence-electron chi connectivity index (χ1n) is 7.03. The third-order valence-electron chi connectivity index (χ3n) is 3.50. The van der Waals surface area contributed by atoms with E-state index in [1.54, 1.807) is 0 Å². The van der Waals surface area contributed by atoms with Gasteiger partial charge in [0.05, 0.1) is 6.54 Å². The van der Waals surface area contributed by atoms with Gasteiger partial charge in [-0.1, -0.05) is 12.1 Å². The lowest BCUT2D eigenvalue weighted by molar-refractivity contribution is 0.372. The van der Waals surface area contributed by atoms with Gasteiger partial charge in [-0.2, -0.15) is 4.98 Å². The quantitative estimate of drug-likeness (QED) is 0.832. The summed E-state index contributed by atoms with van der Waals surface area (Å²) in [6, 6.07) is 0. The molecule has 0 aromatic carbocycles. The lowest BCUT2D eigenvalue weighted by Crippen LogP contribution is -2.20. The van der Waals surface area contributed by atoms with Crippen molar-refractivity contribution >= 4 is 5.82 Å². The molecule has 6 heteroatoms. The van der Waals surface area contributed by atoms with Gasteiger partial charge in [0.1, 0.15) is 11.6 Å². The molecule has 20 heavy (non-hydrogen) atoms. The molecular weight excluding hydrogens is 254 g/mol.